The van der Waals surface area contributed by atoms with Gasteiger partial charge in [0.25, 0.3) is 0 Å². The first-order valence-electron chi connectivity index (χ1n) is 5.11. The number of sulfone groups is 1. The van der Waals surface area contributed by atoms with Crippen LogP contribution in [0.1, 0.15) is 5.56 Å². The maximum atomic E-state index is 12.1. The summed E-state index contributed by atoms with van der Waals surface area (Å²) in [6, 6.07) is 10.2. The molecular formula is C12H10BrNO3S. The fourth-order valence-corrected chi connectivity index (χ4v) is 3.33. The van der Waals surface area contributed by atoms with E-state index in [2.05, 4.69) is 20.9 Å². The Hall–Kier alpha value is -1.40. The van der Waals surface area contributed by atoms with Crippen molar-refractivity contribution >= 4 is 25.8 Å². The maximum Gasteiger partial charge on any atom is 0.203 e. The van der Waals surface area contributed by atoms with E-state index in [1.807, 2.05) is 6.07 Å². The molecule has 2 aromatic rings. The second kappa shape index (κ2) is 5.07. The molecule has 1 N–H and O–H groups in total. The Kier molecular flexibility index (Phi) is 3.68. The van der Waals surface area contributed by atoms with Crippen LogP contribution in [0.3, 0.4) is 0 Å². The molecule has 0 spiro atoms. The summed E-state index contributed by atoms with van der Waals surface area (Å²) in [6.45, 7) is 0. The molecule has 0 aliphatic rings. The van der Waals surface area contributed by atoms with Crippen LogP contribution < -0.4 is 0 Å². The zero-order chi connectivity index (χ0) is 13.2. The van der Waals surface area contributed by atoms with Crippen molar-refractivity contribution in [1.29, 1.82) is 0 Å². The van der Waals surface area contributed by atoms with Crippen LogP contribution in [-0.2, 0) is 15.6 Å². The number of hydrogen-bond acceptors (Lipinski definition) is 4. The fourth-order valence-electron chi connectivity index (χ4n) is 1.50. The monoisotopic (exact) mass is 327 g/mol. The lowest BCUT2D eigenvalue weighted by molar-refractivity contribution is 0.448. The molecule has 0 unspecified atom stereocenters. The largest absolute Gasteiger partial charge is 0.504 e. The van der Waals surface area contributed by atoms with Gasteiger partial charge in [0, 0.05) is 6.20 Å². The minimum atomic E-state index is -3.66. The highest BCUT2D eigenvalue weighted by molar-refractivity contribution is 9.10. The molecule has 0 aliphatic carbocycles. The van der Waals surface area contributed by atoms with Crippen molar-refractivity contribution in [3.63, 3.8) is 0 Å². The van der Waals surface area contributed by atoms with Crippen molar-refractivity contribution in [3.05, 3.63) is 52.6 Å². The zero-order valence-corrected chi connectivity index (χ0v) is 11.6. The van der Waals surface area contributed by atoms with Crippen molar-refractivity contribution in [2.75, 3.05) is 0 Å². The zero-order valence-electron chi connectivity index (χ0n) is 9.25. The van der Waals surface area contributed by atoms with E-state index in [9.17, 15) is 13.5 Å². The summed E-state index contributed by atoms with van der Waals surface area (Å²) < 4.78 is 24.6. The highest BCUT2D eigenvalue weighted by atomic mass is 79.9. The predicted octanol–water partition coefficient (Wildman–Crippen LogP) is 2.52. The lowest BCUT2D eigenvalue weighted by Gasteiger charge is -2.06. The molecule has 2 rings (SSSR count). The summed E-state index contributed by atoms with van der Waals surface area (Å²) >= 11 is 3.07. The maximum absolute atomic E-state index is 12.1. The van der Waals surface area contributed by atoms with Crippen LogP contribution in [0, 0.1) is 0 Å². The molecule has 1 aromatic carbocycles. The van der Waals surface area contributed by atoms with Crippen LogP contribution in [0.5, 0.6) is 5.75 Å². The Morgan fingerprint density at radius 2 is 1.83 bits per heavy atom. The number of pyridine rings is 1. The third-order valence-corrected chi connectivity index (χ3v) is 4.58. The number of aromatic nitrogens is 1. The fraction of sp³-hybridized carbons (Fsp3) is 0.0833. The van der Waals surface area contributed by atoms with E-state index in [-0.39, 0.29) is 16.5 Å². The van der Waals surface area contributed by atoms with Gasteiger partial charge in [0.1, 0.15) is 0 Å². The molecule has 0 aliphatic heterocycles. The summed E-state index contributed by atoms with van der Waals surface area (Å²) in [5.41, 5.74) is 0.652. The molecule has 0 fully saturated rings. The number of rotatable bonds is 3. The first kappa shape index (κ1) is 13.0. The summed E-state index contributed by atoms with van der Waals surface area (Å²) in [5.74, 6) is -0.543. The van der Waals surface area contributed by atoms with Crippen LogP contribution in [0.4, 0.5) is 0 Å². The Labute approximate surface area is 113 Å². The molecule has 4 nitrogen and oxygen atoms in total. The highest BCUT2D eigenvalue weighted by Crippen LogP contribution is 2.30. The first-order chi connectivity index (χ1) is 8.50. The van der Waals surface area contributed by atoms with Gasteiger partial charge in [-0.1, -0.05) is 30.3 Å². The van der Waals surface area contributed by atoms with Gasteiger partial charge >= 0.3 is 0 Å². The third kappa shape index (κ3) is 2.70. The lowest BCUT2D eigenvalue weighted by Crippen LogP contribution is -2.07. The van der Waals surface area contributed by atoms with Gasteiger partial charge in [-0.25, -0.2) is 13.4 Å². The topological polar surface area (TPSA) is 67.3 Å². The van der Waals surface area contributed by atoms with Gasteiger partial charge in [0.05, 0.1) is 10.2 Å². The molecule has 0 amide bonds. The Morgan fingerprint density at radius 3 is 2.50 bits per heavy atom. The minimum Gasteiger partial charge on any atom is -0.504 e. The van der Waals surface area contributed by atoms with Gasteiger partial charge in [-0.05, 0) is 27.6 Å². The van der Waals surface area contributed by atoms with E-state index >= 15 is 0 Å². The van der Waals surface area contributed by atoms with Crippen LogP contribution in [0.15, 0.2) is 52.1 Å². The minimum absolute atomic E-state index is 0.190. The number of benzene rings is 1. The Morgan fingerprint density at radius 1 is 1.17 bits per heavy atom. The predicted molar refractivity (Wildman–Crippen MR) is 70.9 cm³/mol. The standard InChI is InChI=1S/C12H10BrNO3S/c13-10-6-7-14-12(11(10)15)18(16,17)8-9-4-2-1-3-5-9/h1-7,15H,8H2. The SMILES string of the molecule is O=S(=O)(Cc1ccccc1)c1nccc(Br)c1O. The quantitative estimate of drug-likeness (QED) is 0.940. The van der Waals surface area contributed by atoms with E-state index < -0.39 is 9.84 Å². The molecule has 6 heteroatoms. The van der Waals surface area contributed by atoms with Crippen molar-refractivity contribution < 1.29 is 13.5 Å². The van der Waals surface area contributed by atoms with Crippen LogP contribution in [0.2, 0.25) is 0 Å². The summed E-state index contributed by atoms with van der Waals surface area (Å²) in [5, 5.41) is 9.42. The van der Waals surface area contributed by atoms with Crippen molar-refractivity contribution in [1.82, 2.24) is 4.98 Å². The number of halogens is 1. The molecule has 0 radical (unpaired) electrons. The lowest BCUT2D eigenvalue weighted by atomic mass is 10.2. The van der Waals surface area contributed by atoms with Crippen molar-refractivity contribution in [2.45, 2.75) is 10.8 Å². The van der Waals surface area contributed by atoms with E-state index in [0.29, 0.717) is 10.0 Å². The third-order valence-electron chi connectivity index (χ3n) is 2.34. The van der Waals surface area contributed by atoms with Gasteiger partial charge in [0.15, 0.2) is 10.8 Å². The molecule has 0 saturated heterocycles. The molecule has 1 heterocycles. The average molecular weight is 328 g/mol. The summed E-state index contributed by atoms with van der Waals surface area (Å²) in [4.78, 5) is 3.74. The number of hydrogen-bond donors (Lipinski definition) is 1. The van der Waals surface area contributed by atoms with E-state index in [4.69, 9.17) is 0 Å². The highest BCUT2D eigenvalue weighted by Gasteiger charge is 2.22. The van der Waals surface area contributed by atoms with Crippen molar-refractivity contribution in [3.8, 4) is 5.75 Å². The molecule has 0 atom stereocenters. The van der Waals surface area contributed by atoms with E-state index in [0.717, 1.165) is 0 Å². The Bertz CT molecular complexity index is 656. The second-order valence-corrected chi connectivity index (χ2v) is 6.45. The molecule has 18 heavy (non-hydrogen) atoms. The normalized spacial score (nSPS) is 11.4. The molecular weight excluding hydrogens is 318 g/mol. The number of aromatic hydroxyl groups is 1. The molecule has 0 saturated carbocycles. The molecule has 0 bridgehead atoms. The molecule has 94 valence electrons. The molecule has 1 aromatic heterocycles. The summed E-state index contributed by atoms with van der Waals surface area (Å²) in [6.07, 6.45) is 1.34. The Balaban J connectivity index is 2.41. The van der Waals surface area contributed by atoms with Gasteiger partial charge in [0.2, 0.25) is 9.84 Å². The average Bonchev–Trinajstić information content (AvgIpc) is 2.33. The van der Waals surface area contributed by atoms with Gasteiger partial charge < -0.3 is 5.11 Å². The van der Waals surface area contributed by atoms with Crippen LogP contribution >= 0.6 is 15.9 Å². The van der Waals surface area contributed by atoms with Gasteiger partial charge in [-0.3, -0.25) is 0 Å². The summed E-state index contributed by atoms with van der Waals surface area (Å²) in [7, 11) is -3.66. The van der Waals surface area contributed by atoms with E-state index in [1.165, 1.54) is 12.3 Å². The van der Waals surface area contributed by atoms with Gasteiger partial charge in [-0.2, -0.15) is 0 Å². The van der Waals surface area contributed by atoms with Gasteiger partial charge in [-0.15, -0.1) is 0 Å². The smallest absolute Gasteiger partial charge is 0.203 e. The van der Waals surface area contributed by atoms with Crippen molar-refractivity contribution in [2.24, 2.45) is 0 Å². The van der Waals surface area contributed by atoms with Crippen LogP contribution in [-0.4, -0.2) is 18.5 Å². The van der Waals surface area contributed by atoms with E-state index in [1.54, 1.807) is 24.3 Å². The second-order valence-electron chi connectivity index (χ2n) is 3.69. The van der Waals surface area contributed by atoms with Crippen LogP contribution in [0.25, 0.3) is 0 Å². The number of nitrogens with zero attached hydrogens (tertiary/aromatic N) is 1. The first-order valence-corrected chi connectivity index (χ1v) is 7.55.